The number of allylic oxidation sites excluding steroid dienone is 2. The normalized spacial score (nSPS) is 13.0. The van der Waals surface area contributed by atoms with Crippen molar-refractivity contribution in [2.75, 3.05) is 4.90 Å². The minimum absolute atomic E-state index is 0.823. The van der Waals surface area contributed by atoms with Gasteiger partial charge in [0.15, 0.2) is 0 Å². The van der Waals surface area contributed by atoms with Crippen LogP contribution in [0.2, 0.25) is 0 Å². The van der Waals surface area contributed by atoms with E-state index in [4.69, 9.17) is 0 Å². The molecule has 6 aromatic carbocycles. The lowest BCUT2D eigenvalue weighted by molar-refractivity contribution is 1.19. The molecule has 1 aliphatic rings. The lowest BCUT2D eigenvalue weighted by Crippen LogP contribution is -2.32. The molecule has 0 saturated heterocycles. The van der Waals surface area contributed by atoms with Gasteiger partial charge >= 0.3 is 0 Å². The molecule has 0 spiro atoms. The van der Waals surface area contributed by atoms with E-state index in [2.05, 4.69) is 183 Å². The van der Waals surface area contributed by atoms with Crippen molar-refractivity contribution in [1.82, 2.24) is 0 Å². The van der Waals surface area contributed by atoms with Crippen molar-refractivity contribution in [3.8, 4) is 11.1 Å². The first-order valence-electron chi connectivity index (χ1n) is 16.3. The number of aryl methyl sites for hydroxylation is 1. The second-order valence-corrected chi connectivity index (χ2v) is 13.2. The molecule has 0 N–H and O–H groups in total. The van der Waals surface area contributed by atoms with Gasteiger partial charge in [-0.3, -0.25) is 0 Å². The molecule has 0 radical (unpaired) electrons. The molecule has 8 rings (SSSR count). The Kier molecular flexibility index (Phi) is 7.65. The second-order valence-electron chi connectivity index (χ2n) is 12.1. The van der Waals surface area contributed by atoms with E-state index in [1.54, 1.807) is 0 Å². The van der Waals surface area contributed by atoms with Crippen LogP contribution in [0.1, 0.15) is 30.0 Å². The summed E-state index contributed by atoms with van der Waals surface area (Å²) >= 11 is 1.87. The van der Waals surface area contributed by atoms with Gasteiger partial charge in [-0.15, -0.1) is 11.3 Å². The number of anilines is 2. The summed E-state index contributed by atoms with van der Waals surface area (Å²) in [5.74, 6) is 0. The largest absolute Gasteiger partial charge is 0.313 e. The standard InChI is InChI=1S/C45H35NS/c1-3-38(39-21-7-4-14-31(39)2)35-18-13-20-37(29-35)46(43-24-10-6-16-32-15-5-8-22-40(32)43)36-19-12-17-33(28-36)34-26-27-42-41-23-9-11-25-44(41)47-45(42)30-34/h3-23,25-30H,24H2,1-2H3/b38-3-. The molecule has 0 bridgehead atoms. The predicted octanol–water partition coefficient (Wildman–Crippen LogP) is 11.2. The van der Waals surface area contributed by atoms with Crippen LogP contribution < -0.4 is 15.3 Å². The van der Waals surface area contributed by atoms with Gasteiger partial charge in [0.05, 0.1) is 0 Å². The first-order chi connectivity index (χ1) is 23.2. The first kappa shape index (κ1) is 29.0. The number of hydrogen-bond acceptors (Lipinski definition) is 2. The quantitative estimate of drug-likeness (QED) is 0.179. The van der Waals surface area contributed by atoms with Crippen LogP contribution in [0.15, 0.2) is 158 Å². The molecule has 1 nitrogen and oxygen atoms in total. The second kappa shape index (κ2) is 12.4. The van der Waals surface area contributed by atoms with E-state index in [1.807, 2.05) is 11.3 Å². The third kappa shape index (κ3) is 5.41. The summed E-state index contributed by atoms with van der Waals surface area (Å²) in [7, 11) is 0. The van der Waals surface area contributed by atoms with Gasteiger partial charge < -0.3 is 4.90 Å². The fraction of sp³-hybridized carbons (Fsp3) is 0.0667. The molecule has 1 aromatic heterocycles. The van der Waals surface area contributed by atoms with E-state index >= 15 is 0 Å². The molecule has 0 amide bonds. The molecule has 1 heterocycles. The Morgan fingerprint density at radius 2 is 1.40 bits per heavy atom. The zero-order chi connectivity index (χ0) is 31.7. The minimum Gasteiger partial charge on any atom is -0.313 e. The molecule has 2 heteroatoms. The monoisotopic (exact) mass is 621 g/mol. The Labute approximate surface area is 280 Å². The number of hydrogen-bond donors (Lipinski definition) is 0. The average Bonchev–Trinajstić information content (AvgIpc) is 3.36. The average molecular weight is 622 g/mol. The Balaban J connectivity index is 1.31. The smallest absolute Gasteiger partial charge is 0.0464 e. The van der Waals surface area contributed by atoms with Gasteiger partial charge in [-0.1, -0.05) is 127 Å². The maximum atomic E-state index is 2.47. The number of nitrogens with zero attached hydrogens (tertiary/aromatic N) is 1. The first-order valence-corrected chi connectivity index (χ1v) is 17.1. The van der Waals surface area contributed by atoms with E-state index in [-0.39, 0.29) is 0 Å². The van der Waals surface area contributed by atoms with Gasteiger partial charge in [-0.25, -0.2) is 0 Å². The van der Waals surface area contributed by atoms with Crippen molar-refractivity contribution < 1.29 is 0 Å². The van der Waals surface area contributed by atoms with Crippen molar-refractivity contribution in [1.29, 1.82) is 0 Å². The molecule has 7 aromatic rings. The molecule has 0 unspecified atom stereocenters. The van der Waals surface area contributed by atoms with Crippen LogP contribution >= 0.6 is 11.3 Å². The van der Waals surface area contributed by atoms with Gasteiger partial charge in [0.2, 0.25) is 0 Å². The molecular weight excluding hydrogens is 587 g/mol. The van der Waals surface area contributed by atoms with Crippen molar-refractivity contribution in [2.24, 2.45) is 0 Å². The summed E-state index contributed by atoms with van der Waals surface area (Å²) in [5.41, 5.74) is 11.0. The third-order valence-corrected chi connectivity index (χ3v) is 10.4. The predicted molar refractivity (Wildman–Crippen MR) is 205 cm³/mol. The fourth-order valence-corrected chi connectivity index (χ4v) is 8.08. The topological polar surface area (TPSA) is 3.24 Å². The molecule has 0 atom stereocenters. The number of thiophene rings is 1. The highest BCUT2D eigenvalue weighted by Crippen LogP contribution is 2.39. The summed E-state index contributed by atoms with van der Waals surface area (Å²) in [6.45, 7) is 4.33. The van der Waals surface area contributed by atoms with E-state index in [0.29, 0.717) is 0 Å². The maximum Gasteiger partial charge on any atom is 0.0464 e. The molecular formula is C45H35NS. The minimum atomic E-state index is 0.823. The Morgan fingerprint density at radius 3 is 2.30 bits per heavy atom. The SMILES string of the molecule is C/C=C(/c1cccc(N(C2=c3ccccc3=CC=CC2)c2cccc(-c3ccc4c(c3)sc3ccccc34)c2)c1)c1ccccc1C. The highest BCUT2D eigenvalue weighted by Gasteiger charge is 2.19. The molecule has 226 valence electrons. The highest BCUT2D eigenvalue weighted by atomic mass is 32.1. The van der Waals surface area contributed by atoms with Crippen LogP contribution in [0.3, 0.4) is 0 Å². The van der Waals surface area contributed by atoms with Gasteiger partial charge in [-0.05, 0) is 88.9 Å². The zero-order valence-corrected chi connectivity index (χ0v) is 27.5. The van der Waals surface area contributed by atoms with Crippen LogP contribution in [-0.2, 0) is 0 Å². The number of benzene rings is 6. The van der Waals surface area contributed by atoms with Crippen LogP contribution in [0.4, 0.5) is 11.4 Å². The van der Waals surface area contributed by atoms with Gasteiger partial charge in [0, 0.05) is 48.9 Å². The summed E-state index contributed by atoms with van der Waals surface area (Å²) in [4.78, 5) is 2.47. The van der Waals surface area contributed by atoms with Gasteiger partial charge in [0.1, 0.15) is 0 Å². The van der Waals surface area contributed by atoms with Crippen molar-refractivity contribution in [2.45, 2.75) is 20.3 Å². The van der Waals surface area contributed by atoms with Crippen molar-refractivity contribution in [3.63, 3.8) is 0 Å². The third-order valence-electron chi connectivity index (χ3n) is 9.22. The molecule has 0 aliphatic heterocycles. The van der Waals surface area contributed by atoms with Crippen LogP contribution in [-0.4, -0.2) is 0 Å². The summed E-state index contributed by atoms with van der Waals surface area (Å²) < 4.78 is 2.65. The molecule has 47 heavy (non-hydrogen) atoms. The van der Waals surface area contributed by atoms with E-state index in [9.17, 15) is 0 Å². The zero-order valence-electron chi connectivity index (χ0n) is 26.7. The van der Waals surface area contributed by atoms with Gasteiger partial charge in [-0.2, -0.15) is 0 Å². The summed E-state index contributed by atoms with van der Waals surface area (Å²) in [5, 5.41) is 5.15. The highest BCUT2D eigenvalue weighted by molar-refractivity contribution is 7.25. The molecule has 0 fully saturated rings. The lowest BCUT2D eigenvalue weighted by atomic mass is 9.93. The number of rotatable bonds is 6. The Morgan fingerprint density at radius 1 is 0.660 bits per heavy atom. The molecule has 0 saturated carbocycles. The van der Waals surface area contributed by atoms with E-state index in [1.165, 1.54) is 69.7 Å². The van der Waals surface area contributed by atoms with Crippen LogP contribution in [0, 0.1) is 6.92 Å². The van der Waals surface area contributed by atoms with Crippen LogP contribution in [0.5, 0.6) is 0 Å². The fourth-order valence-electron chi connectivity index (χ4n) is 6.93. The van der Waals surface area contributed by atoms with E-state index in [0.717, 1.165) is 17.8 Å². The maximum absolute atomic E-state index is 2.47. The van der Waals surface area contributed by atoms with Crippen LogP contribution in [0.25, 0.3) is 48.6 Å². The van der Waals surface area contributed by atoms with Gasteiger partial charge in [0.25, 0.3) is 0 Å². The lowest BCUT2D eigenvalue weighted by Gasteiger charge is -2.29. The Hall–Kier alpha value is -5.44. The summed E-state index contributed by atoms with van der Waals surface area (Å²) in [6.07, 6.45) is 9.75. The number of fused-ring (bicyclic) bond motifs is 4. The summed E-state index contributed by atoms with van der Waals surface area (Å²) in [6, 6.07) is 51.1. The van der Waals surface area contributed by atoms with E-state index < -0.39 is 0 Å². The van der Waals surface area contributed by atoms with Crippen molar-refractivity contribution >= 4 is 60.2 Å². The van der Waals surface area contributed by atoms with Crippen molar-refractivity contribution in [3.05, 3.63) is 185 Å². The molecule has 1 aliphatic carbocycles. The Bertz CT molecular complexity index is 2470.